The van der Waals surface area contributed by atoms with Gasteiger partial charge < -0.3 is 14.6 Å². The molecule has 1 fully saturated rings. The van der Waals surface area contributed by atoms with Crippen molar-refractivity contribution in [2.45, 2.75) is 25.7 Å². The SMILES string of the molecule is CCOC(=O)c1[nH]c(C)c(C(=O)N2CCN(S(=O)(=O)c3ccccc3C#N)CC2)c1C. The number of hydrogen-bond donors (Lipinski definition) is 1. The maximum Gasteiger partial charge on any atom is 0.355 e. The number of sulfonamides is 1. The maximum atomic E-state index is 13.1. The van der Waals surface area contributed by atoms with Gasteiger partial charge in [0.2, 0.25) is 10.0 Å². The Bertz CT molecular complexity index is 1150. The van der Waals surface area contributed by atoms with E-state index in [2.05, 4.69) is 4.98 Å². The molecule has 0 spiro atoms. The Labute approximate surface area is 181 Å². The van der Waals surface area contributed by atoms with Gasteiger partial charge in [-0.3, -0.25) is 4.79 Å². The number of piperazine rings is 1. The molecular formula is C21H24N4O5S. The number of carbonyl (C=O) groups excluding carboxylic acids is 2. The largest absolute Gasteiger partial charge is 0.461 e. The van der Waals surface area contributed by atoms with E-state index < -0.39 is 16.0 Å². The van der Waals surface area contributed by atoms with Crippen molar-refractivity contribution in [3.05, 3.63) is 52.3 Å². The summed E-state index contributed by atoms with van der Waals surface area (Å²) in [6.07, 6.45) is 0. The lowest BCUT2D eigenvalue weighted by Gasteiger charge is -2.34. The van der Waals surface area contributed by atoms with E-state index in [0.29, 0.717) is 16.8 Å². The molecule has 1 aliphatic rings. The number of aryl methyl sites for hydroxylation is 1. The van der Waals surface area contributed by atoms with Crippen LogP contribution in [-0.2, 0) is 14.8 Å². The van der Waals surface area contributed by atoms with Crippen molar-refractivity contribution in [2.24, 2.45) is 0 Å². The average Bonchev–Trinajstić information content (AvgIpc) is 3.07. The van der Waals surface area contributed by atoms with Gasteiger partial charge in [0.25, 0.3) is 5.91 Å². The summed E-state index contributed by atoms with van der Waals surface area (Å²) in [7, 11) is -3.84. The summed E-state index contributed by atoms with van der Waals surface area (Å²) in [5.41, 5.74) is 1.81. The summed E-state index contributed by atoms with van der Waals surface area (Å²) in [6.45, 7) is 5.95. The highest BCUT2D eigenvalue weighted by Crippen LogP contribution is 2.24. The van der Waals surface area contributed by atoms with Crippen molar-refractivity contribution in [1.29, 1.82) is 5.26 Å². The van der Waals surface area contributed by atoms with Crippen LogP contribution in [-0.4, -0.2) is 67.3 Å². The van der Waals surface area contributed by atoms with Crippen LogP contribution in [0.5, 0.6) is 0 Å². The molecule has 0 radical (unpaired) electrons. The second kappa shape index (κ2) is 8.91. The Kier molecular flexibility index (Phi) is 6.48. The lowest BCUT2D eigenvalue weighted by atomic mass is 10.1. The van der Waals surface area contributed by atoms with Crippen molar-refractivity contribution in [3.63, 3.8) is 0 Å². The minimum atomic E-state index is -3.84. The first-order valence-corrected chi connectivity index (χ1v) is 11.3. The van der Waals surface area contributed by atoms with Crippen LogP contribution in [0.15, 0.2) is 29.2 Å². The van der Waals surface area contributed by atoms with Crippen LogP contribution < -0.4 is 0 Å². The minimum absolute atomic E-state index is 0.0336. The monoisotopic (exact) mass is 444 g/mol. The molecule has 0 saturated carbocycles. The van der Waals surface area contributed by atoms with Crippen LogP contribution in [0.1, 0.15) is 44.6 Å². The van der Waals surface area contributed by atoms with Gasteiger partial charge in [0.15, 0.2) is 0 Å². The van der Waals surface area contributed by atoms with Crippen LogP contribution >= 0.6 is 0 Å². The fraction of sp³-hybridized carbons (Fsp3) is 0.381. The number of ether oxygens (including phenoxy) is 1. The Morgan fingerprint density at radius 1 is 1.16 bits per heavy atom. The zero-order valence-electron chi connectivity index (χ0n) is 17.6. The number of H-pyrrole nitrogens is 1. The first-order valence-electron chi connectivity index (χ1n) is 9.87. The molecule has 1 aliphatic heterocycles. The molecule has 10 heteroatoms. The number of hydrogen-bond acceptors (Lipinski definition) is 6. The molecule has 0 aliphatic carbocycles. The van der Waals surface area contributed by atoms with Gasteiger partial charge in [-0.25, -0.2) is 13.2 Å². The molecule has 0 bridgehead atoms. The first kappa shape index (κ1) is 22.5. The molecule has 2 aromatic rings. The van der Waals surface area contributed by atoms with Gasteiger partial charge in [0.05, 0.1) is 22.6 Å². The average molecular weight is 445 g/mol. The second-order valence-corrected chi connectivity index (χ2v) is 9.06. The third-order valence-corrected chi connectivity index (χ3v) is 7.24. The van der Waals surface area contributed by atoms with E-state index in [1.807, 2.05) is 6.07 Å². The molecule has 1 aromatic carbocycles. The van der Waals surface area contributed by atoms with Crippen LogP contribution in [0.4, 0.5) is 0 Å². The normalized spacial score (nSPS) is 14.8. The van der Waals surface area contributed by atoms with Gasteiger partial charge in [-0.15, -0.1) is 0 Å². The Hall–Kier alpha value is -3.16. The zero-order valence-corrected chi connectivity index (χ0v) is 18.5. The van der Waals surface area contributed by atoms with E-state index in [0.717, 1.165) is 0 Å². The highest BCUT2D eigenvalue weighted by molar-refractivity contribution is 7.89. The summed E-state index contributed by atoms with van der Waals surface area (Å²) < 4.78 is 32.3. The number of benzene rings is 1. The third-order valence-electron chi connectivity index (χ3n) is 5.28. The smallest absolute Gasteiger partial charge is 0.355 e. The van der Waals surface area contributed by atoms with E-state index in [9.17, 15) is 23.3 Å². The zero-order chi connectivity index (χ0) is 22.8. The van der Waals surface area contributed by atoms with Crippen LogP contribution in [0.25, 0.3) is 0 Å². The quantitative estimate of drug-likeness (QED) is 0.702. The summed E-state index contributed by atoms with van der Waals surface area (Å²) in [5.74, 6) is -0.787. The molecule has 1 N–H and O–H groups in total. The highest BCUT2D eigenvalue weighted by Gasteiger charge is 2.33. The van der Waals surface area contributed by atoms with Crippen molar-refractivity contribution < 1.29 is 22.7 Å². The Morgan fingerprint density at radius 2 is 1.81 bits per heavy atom. The van der Waals surface area contributed by atoms with E-state index in [1.54, 1.807) is 37.8 Å². The molecule has 3 rings (SSSR count). The van der Waals surface area contributed by atoms with Crippen molar-refractivity contribution in [2.75, 3.05) is 32.8 Å². The van der Waals surface area contributed by atoms with Gasteiger partial charge in [-0.1, -0.05) is 12.1 Å². The number of aromatic amines is 1. The molecular weight excluding hydrogens is 420 g/mol. The fourth-order valence-electron chi connectivity index (χ4n) is 3.69. The number of carbonyl (C=O) groups is 2. The van der Waals surface area contributed by atoms with Crippen LogP contribution in [0, 0.1) is 25.2 Å². The van der Waals surface area contributed by atoms with Crippen LogP contribution in [0.2, 0.25) is 0 Å². The maximum absolute atomic E-state index is 13.1. The number of nitrogens with one attached hydrogen (secondary N) is 1. The van der Waals surface area contributed by atoms with E-state index in [4.69, 9.17) is 4.74 Å². The summed E-state index contributed by atoms with van der Waals surface area (Å²) >= 11 is 0. The highest BCUT2D eigenvalue weighted by atomic mass is 32.2. The fourth-order valence-corrected chi connectivity index (χ4v) is 5.26. The van der Waals surface area contributed by atoms with Crippen molar-refractivity contribution in [3.8, 4) is 6.07 Å². The minimum Gasteiger partial charge on any atom is -0.461 e. The van der Waals surface area contributed by atoms with Crippen LogP contribution in [0.3, 0.4) is 0 Å². The van der Waals surface area contributed by atoms with Gasteiger partial charge in [-0.2, -0.15) is 9.57 Å². The summed E-state index contributed by atoms with van der Waals surface area (Å²) in [6, 6.07) is 7.97. The van der Waals surface area contributed by atoms with Gasteiger partial charge in [-0.05, 0) is 38.5 Å². The molecule has 1 aromatic heterocycles. The third kappa shape index (κ3) is 4.19. The van der Waals surface area contributed by atoms with Gasteiger partial charge >= 0.3 is 5.97 Å². The number of nitriles is 1. The molecule has 0 unspecified atom stereocenters. The van der Waals surface area contributed by atoms with Gasteiger partial charge in [0.1, 0.15) is 11.8 Å². The standard InChI is InChI=1S/C21H24N4O5S/c1-4-30-21(27)19-14(2)18(15(3)23-19)20(26)24-9-11-25(12-10-24)31(28,29)17-8-6-5-7-16(17)13-22/h5-8,23H,4,9-12H2,1-3H3. The van der Waals surface area contributed by atoms with E-state index >= 15 is 0 Å². The molecule has 9 nitrogen and oxygen atoms in total. The molecule has 164 valence electrons. The number of esters is 1. The van der Waals surface area contributed by atoms with E-state index in [1.165, 1.54) is 16.4 Å². The Balaban J connectivity index is 1.77. The second-order valence-electron chi connectivity index (χ2n) is 7.15. The number of amides is 1. The number of nitrogens with zero attached hydrogens (tertiary/aromatic N) is 3. The molecule has 2 heterocycles. The topological polar surface area (TPSA) is 124 Å². The lowest BCUT2D eigenvalue weighted by Crippen LogP contribution is -2.50. The molecule has 31 heavy (non-hydrogen) atoms. The number of rotatable bonds is 5. The van der Waals surface area contributed by atoms with Gasteiger partial charge in [0, 0.05) is 31.9 Å². The first-order chi connectivity index (χ1) is 14.7. The lowest BCUT2D eigenvalue weighted by molar-refractivity contribution is 0.0519. The van der Waals surface area contributed by atoms with Crippen molar-refractivity contribution >= 4 is 21.9 Å². The molecule has 1 saturated heterocycles. The number of aromatic nitrogens is 1. The summed E-state index contributed by atoms with van der Waals surface area (Å²) in [5, 5.41) is 9.23. The predicted molar refractivity (Wildman–Crippen MR) is 112 cm³/mol. The Morgan fingerprint density at radius 3 is 2.42 bits per heavy atom. The predicted octanol–water partition coefficient (Wildman–Crippen LogP) is 1.83. The van der Waals surface area contributed by atoms with E-state index in [-0.39, 0.29) is 54.8 Å². The molecule has 0 atom stereocenters. The summed E-state index contributed by atoms with van der Waals surface area (Å²) in [4.78, 5) is 29.7. The molecule has 1 amide bonds. The van der Waals surface area contributed by atoms with Crippen molar-refractivity contribution in [1.82, 2.24) is 14.2 Å².